The third-order valence-corrected chi connectivity index (χ3v) is 6.68. The Bertz CT molecular complexity index is 785. The van der Waals surface area contributed by atoms with E-state index in [-0.39, 0.29) is 0 Å². The highest BCUT2D eigenvalue weighted by molar-refractivity contribution is 14.1. The van der Waals surface area contributed by atoms with Crippen LogP contribution in [0.4, 0.5) is 0 Å². The summed E-state index contributed by atoms with van der Waals surface area (Å²) < 4.78 is 1.94. The maximum Gasteiger partial charge on any atom is 0.171 e. The van der Waals surface area contributed by atoms with Gasteiger partial charge >= 0.3 is 0 Å². The number of hydrogen-bond donors (Lipinski definition) is 0. The molecule has 0 fully saturated rings. The Hall–Kier alpha value is -0.500. The summed E-state index contributed by atoms with van der Waals surface area (Å²) in [6.07, 6.45) is 0. The number of aryl methyl sites for hydroxylation is 1. The van der Waals surface area contributed by atoms with Gasteiger partial charge in [-0.15, -0.1) is 11.3 Å². The zero-order valence-corrected chi connectivity index (χ0v) is 16.2. The van der Waals surface area contributed by atoms with E-state index >= 15 is 0 Å². The second-order valence-electron chi connectivity index (χ2n) is 4.38. The molecule has 0 saturated heterocycles. The lowest BCUT2D eigenvalue weighted by molar-refractivity contribution is 1.17. The zero-order valence-electron chi connectivity index (χ0n) is 10.9. The molecule has 2 nitrogen and oxygen atoms in total. The van der Waals surface area contributed by atoms with Gasteiger partial charge in [0.1, 0.15) is 5.15 Å². The molecule has 0 spiro atoms. The molecule has 0 bridgehead atoms. The quantitative estimate of drug-likeness (QED) is 0.315. The summed E-state index contributed by atoms with van der Waals surface area (Å²) in [5.41, 5.74) is 1.91. The van der Waals surface area contributed by atoms with Gasteiger partial charge in [-0.25, -0.2) is 9.97 Å². The molecule has 0 N–H and O–H groups in total. The van der Waals surface area contributed by atoms with Gasteiger partial charge in [0, 0.05) is 14.9 Å². The Kier molecular flexibility index (Phi) is 4.63. The van der Waals surface area contributed by atoms with Crippen LogP contribution in [0.2, 0.25) is 5.15 Å². The minimum Gasteiger partial charge on any atom is -0.226 e. The lowest BCUT2D eigenvalue weighted by Crippen LogP contribution is -1.96. The van der Waals surface area contributed by atoms with Gasteiger partial charge in [-0.2, -0.15) is 0 Å². The molecule has 21 heavy (non-hydrogen) atoms. The first-order valence-corrected chi connectivity index (χ1v) is 9.17. The molecule has 3 rings (SSSR count). The fourth-order valence-corrected chi connectivity index (χ4v) is 4.08. The fraction of sp³-hybridized carbons (Fsp3) is 0.0667. The normalized spacial score (nSPS) is 10.9. The average Bonchev–Trinajstić information content (AvgIpc) is 2.82. The van der Waals surface area contributed by atoms with E-state index in [1.807, 2.05) is 36.4 Å². The Morgan fingerprint density at radius 3 is 2.52 bits per heavy atom. The van der Waals surface area contributed by atoms with Gasteiger partial charge in [0.05, 0.1) is 14.1 Å². The summed E-state index contributed by atoms with van der Waals surface area (Å²) in [5.74, 6) is 0.665. The first-order chi connectivity index (χ1) is 10.1. The summed E-state index contributed by atoms with van der Waals surface area (Å²) >= 11 is 13.7. The summed E-state index contributed by atoms with van der Waals surface area (Å²) in [6, 6.07) is 12.1. The Balaban J connectivity index is 2.18. The smallest absolute Gasteiger partial charge is 0.171 e. The second-order valence-corrected chi connectivity index (χ2v) is 7.93. The van der Waals surface area contributed by atoms with Crippen LogP contribution in [-0.4, -0.2) is 9.97 Å². The van der Waals surface area contributed by atoms with Crippen LogP contribution in [0.25, 0.3) is 22.0 Å². The lowest BCUT2D eigenvalue weighted by atomic mass is 10.1. The first-order valence-electron chi connectivity index (χ1n) is 6.11. The minimum absolute atomic E-state index is 0.488. The molecule has 6 heteroatoms. The van der Waals surface area contributed by atoms with Crippen molar-refractivity contribution in [1.29, 1.82) is 0 Å². The van der Waals surface area contributed by atoms with E-state index in [4.69, 9.17) is 16.6 Å². The highest BCUT2D eigenvalue weighted by Gasteiger charge is 2.15. The Labute approximate surface area is 153 Å². The topological polar surface area (TPSA) is 25.8 Å². The standard InChI is InChI=1S/C15H9BrClIN2S/c1-8-10(16)7-11(21-8)15-19-13(12(18)14(17)20-15)9-5-3-2-4-6-9/h2-7H,1H3. The van der Waals surface area contributed by atoms with E-state index in [2.05, 4.69) is 50.4 Å². The average molecular weight is 492 g/mol. The summed E-state index contributed by atoms with van der Waals surface area (Å²) in [4.78, 5) is 11.3. The van der Waals surface area contributed by atoms with Gasteiger partial charge < -0.3 is 0 Å². The van der Waals surface area contributed by atoms with Gasteiger partial charge in [0.2, 0.25) is 0 Å². The highest BCUT2D eigenvalue weighted by Crippen LogP contribution is 2.35. The van der Waals surface area contributed by atoms with Crippen molar-refractivity contribution in [3.63, 3.8) is 0 Å². The Morgan fingerprint density at radius 2 is 1.90 bits per heavy atom. The lowest BCUT2D eigenvalue weighted by Gasteiger charge is -2.07. The van der Waals surface area contributed by atoms with Crippen molar-refractivity contribution in [3.05, 3.63) is 54.5 Å². The molecule has 0 amide bonds. The molecule has 0 atom stereocenters. The van der Waals surface area contributed by atoms with Crippen molar-refractivity contribution in [2.75, 3.05) is 0 Å². The molecular weight excluding hydrogens is 483 g/mol. The van der Waals surface area contributed by atoms with Crippen LogP contribution in [0.3, 0.4) is 0 Å². The number of aromatic nitrogens is 2. The van der Waals surface area contributed by atoms with E-state index in [9.17, 15) is 0 Å². The molecule has 3 aromatic rings. The van der Waals surface area contributed by atoms with Crippen molar-refractivity contribution < 1.29 is 0 Å². The fourth-order valence-electron chi connectivity index (χ4n) is 1.89. The summed E-state index contributed by atoms with van der Waals surface area (Å²) in [5, 5.41) is 0.488. The van der Waals surface area contributed by atoms with Crippen LogP contribution < -0.4 is 0 Å². The minimum atomic E-state index is 0.488. The second kappa shape index (κ2) is 6.32. The first kappa shape index (κ1) is 15.4. The Morgan fingerprint density at radius 1 is 1.19 bits per heavy atom. The molecule has 0 aliphatic rings. The van der Waals surface area contributed by atoms with Crippen molar-refractivity contribution in [2.24, 2.45) is 0 Å². The van der Waals surface area contributed by atoms with E-state index in [1.54, 1.807) is 11.3 Å². The molecule has 106 valence electrons. The molecular formula is C15H9BrClIN2S. The largest absolute Gasteiger partial charge is 0.226 e. The van der Waals surface area contributed by atoms with Gasteiger partial charge in [0.25, 0.3) is 0 Å². The van der Waals surface area contributed by atoms with E-state index in [0.29, 0.717) is 11.0 Å². The molecule has 1 aromatic carbocycles. The monoisotopic (exact) mass is 490 g/mol. The number of benzene rings is 1. The van der Waals surface area contributed by atoms with Gasteiger partial charge in [-0.1, -0.05) is 41.9 Å². The molecule has 0 aliphatic carbocycles. The van der Waals surface area contributed by atoms with Gasteiger partial charge in [0.15, 0.2) is 5.82 Å². The summed E-state index contributed by atoms with van der Waals surface area (Å²) in [7, 11) is 0. The van der Waals surface area contributed by atoms with Crippen LogP contribution in [0.1, 0.15) is 4.88 Å². The maximum atomic E-state index is 6.30. The molecule has 0 radical (unpaired) electrons. The van der Waals surface area contributed by atoms with Crippen molar-refractivity contribution in [2.45, 2.75) is 6.92 Å². The van der Waals surface area contributed by atoms with Crippen LogP contribution in [-0.2, 0) is 0 Å². The van der Waals surface area contributed by atoms with Gasteiger partial charge in [-0.3, -0.25) is 0 Å². The number of nitrogens with zero attached hydrogens (tertiary/aromatic N) is 2. The molecule has 2 aromatic heterocycles. The van der Waals surface area contributed by atoms with Crippen LogP contribution in [0, 0.1) is 10.5 Å². The van der Waals surface area contributed by atoms with Crippen LogP contribution in [0.5, 0.6) is 0 Å². The number of halogens is 3. The van der Waals surface area contributed by atoms with Crippen LogP contribution in [0.15, 0.2) is 40.9 Å². The van der Waals surface area contributed by atoms with E-state index in [1.165, 1.54) is 4.88 Å². The number of thiophene rings is 1. The highest BCUT2D eigenvalue weighted by atomic mass is 127. The van der Waals surface area contributed by atoms with Gasteiger partial charge in [-0.05, 0) is 51.5 Å². The molecule has 0 unspecified atom stereocenters. The SMILES string of the molecule is Cc1sc(-c2nc(Cl)c(I)c(-c3ccccc3)n2)cc1Br. The van der Waals surface area contributed by atoms with Crippen molar-refractivity contribution >= 4 is 61.5 Å². The number of hydrogen-bond acceptors (Lipinski definition) is 3. The third-order valence-electron chi connectivity index (χ3n) is 2.94. The summed E-state index contributed by atoms with van der Waals surface area (Å²) in [6.45, 7) is 2.06. The molecule has 2 heterocycles. The predicted molar refractivity (Wildman–Crippen MR) is 101 cm³/mol. The number of rotatable bonds is 2. The van der Waals surface area contributed by atoms with E-state index < -0.39 is 0 Å². The predicted octanol–water partition coefficient (Wildman–Crippen LogP) is 6.20. The van der Waals surface area contributed by atoms with Crippen molar-refractivity contribution in [1.82, 2.24) is 9.97 Å². The molecule has 0 aliphatic heterocycles. The van der Waals surface area contributed by atoms with E-state index in [0.717, 1.165) is 24.2 Å². The zero-order chi connectivity index (χ0) is 15.0. The molecule has 0 saturated carbocycles. The van der Waals surface area contributed by atoms with Crippen molar-refractivity contribution in [3.8, 4) is 22.0 Å². The third kappa shape index (κ3) is 3.16. The maximum absolute atomic E-state index is 6.30. The van der Waals surface area contributed by atoms with Crippen LogP contribution >= 0.6 is 61.5 Å².